The third-order valence-corrected chi connectivity index (χ3v) is 7.74. The summed E-state index contributed by atoms with van der Waals surface area (Å²) in [6, 6.07) is 28.6. The molecule has 5 N–H and O–H groups in total. The van der Waals surface area contributed by atoms with Crippen LogP contribution in [0.2, 0.25) is 0 Å². The van der Waals surface area contributed by atoms with Gasteiger partial charge in [0.05, 0.1) is 6.04 Å². The maximum atomic E-state index is 12.7. The van der Waals surface area contributed by atoms with Crippen molar-refractivity contribution in [2.24, 2.45) is 0 Å². The third-order valence-electron chi connectivity index (χ3n) is 7.74. The number of hydrogen-bond donors (Lipinski definition) is 5. The van der Waals surface area contributed by atoms with Gasteiger partial charge in [-0.2, -0.15) is 0 Å². The van der Waals surface area contributed by atoms with E-state index in [9.17, 15) is 15.0 Å². The number of carbonyl (C=O) groups is 1. The lowest BCUT2D eigenvalue weighted by molar-refractivity contribution is 0.0960. The zero-order valence-electron chi connectivity index (χ0n) is 21.7. The van der Waals surface area contributed by atoms with Crippen LogP contribution in [0.1, 0.15) is 44.3 Å². The molecule has 198 valence electrons. The summed E-state index contributed by atoms with van der Waals surface area (Å²) in [5, 5.41) is 28.7. The summed E-state index contributed by atoms with van der Waals surface area (Å²) in [5.41, 5.74) is 7.85. The number of carbonyl (C=O) groups excluding carboxylic acids is 1. The molecule has 0 bridgehead atoms. The Hall–Kier alpha value is -5.01. The van der Waals surface area contributed by atoms with Crippen molar-refractivity contribution in [1.29, 1.82) is 0 Å². The molecule has 1 amide bonds. The van der Waals surface area contributed by atoms with Crippen LogP contribution in [0.3, 0.4) is 0 Å². The number of benzene rings is 4. The Labute approximate surface area is 230 Å². The van der Waals surface area contributed by atoms with E-state index in [1.54, 1.807) is 30.3 Å². The summed E-state index contributed by atoms with van der Waals surface area (Å²) in [4.78, 5) is 16.3. The van der Waals surface area contributed by atoms with Gasteiger partial charge in [-0.05, 0) is 70.6 Å². The van der Waals surface area contributed by atoms with Gasteiger partial charge in [0.25, 0.3) is 5.91 Å². The number of H-pyrrole nitrogens is 1. The average molecular weight is 529 g/mol. The zero-order valence-corrected chi connectivity index (χ0v) is 21.7. The number of para-hydroxylation sites is 1. The van der Waals surface area contributed by atoms with E-state index < -0.39 is 0 Å². The standard InChI is InChI=1S/C33H28N4O3/c38-23-9-6-20(7-10-23)19-37-14-13-22-8-5-21(15-30(22)37)17-34-18-29-31(26-3-1-2-4-28(26)35-29)32-27-16-24(39)11-12-25(27)33(40)36-32/h1-16,32,34-35,38-39H,17-19H2,(H,36,40)/t32-/m1/s1. The Morgan fingerprint density at radius 1 is 0.825 bits per heavy atom. The molecular formula is C33H28N4O3. The number of amides is 1. The van der Waals surface area contributed by atoms with Crippen LogP contribution in [0.15, 0.2) is 97.2 Å². The number of phenolic OH excluding ortho intramolecular Hbond substituents is 2. The second-order valence-electron chi connectivity index (χ2n) is 10.3. The molecule has 1 aliphatic heterocycles. The van der Waals surface area contributed by atoms with Crippen molar-refractivity contribution in [2.75, 3.05) is 0 Å². The Balaban J connectivity index is 1.14. The number of nitrogens with zero attached hydrogens (tertiary/aromatic N) is 1. The van der Waals surface area contributed by atoms with E-state index in [0.29, 0.717) is 18.7 Å². The molecule has 7 nitrogen and oxygen atoms in total. The number of hydrogen-bond acceptors (Lipinski definition) is 4. The maximum Gasteiger partial charge on any atom is 0.252 e. The van der Waals surface area contributed by atoms with Gasteiger partial charge < -0.3 is 30.4 Å². The fourth-order valence-electron chi connectivity index (χ4n) is 5.81. The van der Waals surface area contributed by atoms with Gasteiger partial charge >= 0.3 is 0 Å². The normalized spacial score (nSPS) is 14.6. The van der Waals surface area contributed by atoms with Crippen LogP contribution in [0, 0.1) is 0 Å². The summed E-state index contributed by atoms with van der Waals surface area (Å²) in [5.74, 6) is 0.281. The predicted molar refractivity (Wildman–Crippen MR) is 155 cm³/mol. The molecule has 0 unspecified atom stereocenters. The smallest absolute Gasteiger partial charge is 0.252 e. The Kier molecular flexibility index (Phi) is 5.79. The first-order chi connectivity index (χ1) is 19.5. The minimum absolute atomic E-state index is 0.132. The Bertz CT molecular complexity index is 1880. The van der Waals surface area contributed by atoms with E-state index in [2.05, 4.69) is 56.7 Å². The highest BCUT2D eigenvalue weighted by molar-refractivity contribution is 6.01. The van der Waals surface area contributed by atoms with Gasteiger partial charge in [-0.1, -0.05) is 42.5 Å². The van der Waals surface area contributed by atoms with Gasteiger partial charge in [0.2, 0.25) is 0 Å². The summed E-state index contributed by atoms with van der Waals surface area (Å²) >= 11 is 0. The van der Waals surface area contributed by atoms with Crippen LogP contribution in [-0.4, -0.2) is 25.7 Å². The van der Waals surface area contributed by atoms with Crippen LogP contribution < -0.4 is 10.6 Å². The van der Waals surface area contributed by atoms with E-state index in [1.807, 2.05) is 30.3 Å². The first kappa shape index (κ1) is 24.1. The molecule has 2 aromatic heterocycles. The molecule has 7 rings (SSSR count). The largest absolute Gasteiger partial charge is 0.508 e. The molecule has 0 fully saturated rings. The number of fused-ring (bicyclic) bond motifs is 3. The summed E-state index contributed by atoms with van der Waals surface area (Å²) in [6.07, 6.45) is 2.09. The molecule has 40 heavy (non-hydrogen) atoms. The van der Waals surface area contributed by atoms with E-state index in [1.165, 1.54) is 10.9 Å². The van der Waals surface area contributed by atoms with Gasteiger partial charge in [0.1, 0.15) is 11.5 Å². The minimum atomic E-state index is -0.345. The van der Waals surface area contributed by atoms with Gasteiger partial charge in [-0.25, -0.2) is 0 Å². The molecule has 1 aliphatic rings. The highest BCUT2D eigenvalue weighted by atomic mass is 16.3. The zero-order chi connectivity index (χ0) is 27.2. The number of aromatic hydroxyl groups is 2. The molecule has 0 radical (unpaired) electrons. The van der Waals surface area contributed by atoms with Crippen molar-refractivity contribution in [3.05, 3.63) is 131 Å². The second kappa shape index (κ2) is 9.63. The fraction of sp³-hybridized carbons (Fsp3) is 0.121. The van der Waals surface area contributed by atoms with E-state index in [-0.39, 0.29) is 23.4 Å². The van der Waals surface area contributed by atoms with Gasteiger partial charge in [-0.3, -0.25) is 4.79 Å². The molecule has 0 spiro atoms. The quantitative estimate of drug-likeness (QED) is 0.183. The van der Waals surface area contributed by atoms with E-state index in [4.69, 9.17) is 0 Å². The lowest BCUT2D eigenvalue weighted by Crippen LogP contribution is -2.22. The molecule has 0 saturated heterocycles. The highest BCUT2D eigenvalue weighted by Gasteiger charge is 2.33. The number of aromatic nitrogens is 2. The number of nitrogens with one attached hydrogen (secondary N) is 3. The molecule has 6 aromatic rings. The van der Waals surface area contributed by atoms with Gasteiger partial charge in [0, 0.05) is 59.1 Å². The van der Waals surface area contributed by atoms with Crippen molar-refractivity contribution in [2.45, 2.75) is 25.7 Å². The van der Waals surface area contributed by atoms with E-state index >= 15 is 0 Å². The SMILES string of the molecule is O=C1N[C@@H](c2c(CNCc3ccc4ccn(Cc5ccc(O)cc5)c4c3)[nH]c3ccccc23)c2cc(O)ccc21. The molecule has 1 atom stereocenters. The third kappa shape index (κ3) is 4.26. The molecule has 7 heteroatoms. The summed E-state index contributed by atoms with van der Waals surface area (Å²) < 4.78 is 2.22. The first-order valence-corrected chi connectivity index (χ1v) is 13.3. The van der Waals surface area contributed by atoms with Crippen molar-refractivity contribution < 1.29 is 15.0 Å². The topological polar surface area (TPSA) is 102 Å². The van der Waals surface area contributed by atoms with Gasteiger partial charge in [0.15, 0.2) is 0 Å². The van der Waals surface area contributed by atoms with Crippen molar-refractivity contribution in [3.8, 4) is 11.5 Å². The van der Waals surface area contributed by atoms with Crippen LogP contribution in [-0.2, 0) is 19.6 Å². The molecule has 0 aliphatic carbocycles. The van der Waals surface area contributed by atoms with Crippen molar-refractivity contribution in [1.82, 2.24) is 20.2 Å². The van der Waals surface area contributed by atoms with Gasteiger partial charge in [-0.15, -0.1) is 0 Å². The van der Waals surface area contributed by atoms with Crippen molar-refractivity contribution in [3.63, 3.8) is 0 Å². The molecule has 4 aromatic carbocycles. The summed E-state index contributed by atoms with van der Waals surface area (Å²) in [7, 11) is 0. The first-order valence-electron chi connectivity index (χ1n) is 13.3. The van der Waals surface area contributed by atoms with Crippen LogP contribution >= 0.6 is 0 Å². The Morgan fingerprint density at radius 3 is 2.50 bits per heavy atom. The number of phenols is 2. The van der Waals surface area contributed by atoms with Crippen molar-refractivity contribution >= 4 is 27.7 Å². The maximum absolute atomic E-state index is 12.7. The van der Waals surface area contributed by atoms with E-state index in [0.717, 1.165) is 45.3 Å². The molecular weight excluding hydrogens is 500 g/mol. The average Bonchev–Trinajstić information content (AvgIpc) is 3.62. The van der Waals surface area contributed by atoms with Crippen LogP contribution in [0.25, 0.3) is 21.8 Å². The number of rotatable bonds is 7. The lowest BCUT2D eigenvalue weighted by atomic mass is 9.95. The number of aromatic amines is 1. The lowest BCUT2D eigenvalue weighted by Gasteiger charge is -2.15. The predicted octanol–water partition coefficient (Wildman–Crippen LogP) is 5.70. The highest BCUT2D eigenvalue weighted by Crippen LogP contribution is 2.38. The summed E-state index contributed by atoms with van der Waals surface area (Å²) in [6.45, 7) is 1.98. The Morgan fingerprint density at radius 2 is 1.62 bits per heavy atom. The fourth-order valence-corrected chi connectivity index (χ4v) is 5.81. The molecule has 3 heterocycles. The minimum Gasteiger partial charge on any atom is -0.508 e. The van der Waals surface area contributed by atoms with Crippen LogP contribution in [0.4, 0.5) is 0 Å². The van der Waals surface area contributed by atoms with Crippen LogP contribution in [0.5, 0.6) is 11.5 Å². The molecule has 0 saturated carbocycles. The second-order valence-corrected chi connectivity index (χ2v) is 10.3. The monoisotopic (exact) mass is 528 g/mol.